The number of nitrogens with two attached hydrogens (primary N) is 1. The molecule has 4 fully saturated rings. The van der Waals surface area contributed by atoms with Crippen molar-refractivity contribution in [2.75, 3.05) is 43.7 Å². The highest BCUT2D eigenvalue weighted by Gasteiger charge is 2.53. The third kappa shape index (κ3) is 7.82. The van der Waals surface area contributed by atoms with E-state index in [0.29, 0.717) is 54.6 Å². The SMILES string of the molecule is CC(=Cc1ccc(O[C@H]2C[C@H](O)C(=C(C)NOCc3ccc(N4CCOCC4)c(F)c3)O2)c(N)c1)C(=O)N[C@@H]1[C@H](O)[C@@H](O)[C@H]2OCO[C@H]2[C@@H]1O. The second-order valence-corrected chi connectivity index (χ2v) is 12.7. The molecule has 2 aromatic carbocycles. The molecule has 1 amide bonds. The standard InChI is InChI=1S/C34H43FN4O11/c1-17(34(44)37-27-28(41)30(43)33-32(29(27)42)46-16-47-33)11-19-4-6-25(22(36)13-19)49-26-14-24(40)31(50-26)18(2)38-48-15-20-3-5-23(21(35)12-20)39-7-9-45-10-8-39/h3-6,11-13,24,26-30,32-33,38,40-43H,7-10,14-16,36H2,1-2H3,(H,37,44)/t24-,26+,27+,28-,29+,30+,32-,33+/m0/s1. The Hall–Kier alpha value is -4.00. The summed E-state index contributed by atoms with van der Waals surface area (Å²) in [7, 11) is 0. The fraction of sp³-hybridized carbons (Fsp3) is 0.500. The van der Waals surface area contributed by atoms with Gasteiger partial charge in [-0.05, 0) is 55.3 Å². The van der Waals surface area contributed by atoms with Crippen molar-refractivity contribution in [1.29, 1.82) is 0 Å². The molecule has 3 heterocycles. The Morgan fingerprint density at radius 1 is 1.04 bits per heavy atom. The number of allylic oxidation sites excluding steroid dienone is 1. The molecule has 2 aromatic rings. The number of morpholine rings is 1. The van der Waals surface area contributed by atoms with Crippen molar-refractivity contribution in [2.45, 2.75) is 75.8 Å². The van der Waals surface area contributed by atoms with Gasteiger partial charge in [0, 0.05) is 18.7 Å². The van der Waals surface area contributed by atoms with E-state index in [1.165, 1.54) is 6.07 Å². The quantitative estimate of drug-likeness (QED) is 0.102. The van der Waals surface area contributed by atoms with E-state index < -0.39 is 54.9 Å². The number of hydroxylamine groups is 1. The summed E-state index contributed by atoms with van der Waals surface area (Å²) < 4.78 is 42.4. The molecule has 50 heavy (non-hydrogen) atoms. The second-order valence-electron chi connectivity index (χ2n) is 12.7. The van der Waals surface area contributed by atoms with Crippen molar-refractivity contribution in [2.24, 2.45) is 0 Å². The minimum atomic E-state index is -1.47. The van der Waals surface area contributed by atoms with Crippen molar-refractivity contribution in [3.05, 3.63) is 70.4 Å². The number of amides is 1. The minimum absolute atomic E-state index is 0.0678. The van der Waals surface area contributed by atoms with Gasteiger partial charge < -0.3 is 60.1 Å². The lowest BCUT2D eigenvalue weighted by Crippen LogP contribution is -2.67. The normalized spacial score (nSPS) is 30.8. The van der Waals surface area contributed by atoms with E-state index >= 15 is 0 Å². The molecule has 272 valence electrons. The van der Waals surface area contributed by atoms with E-state index in [2.05, 4.69) is 10.8 Å². The Bertz CT molecular complexity index is 1600. The largest absolute Gasteiger partial charge is 0.454 e. The van der Waals surface area contributed by atoms with E-state index in [0.717, 1.165) is 0 Å². The Morgan fingerprint density at radius 2 is 1.78 bits per heavy atom. The van der Waals surface area contributed by atoms with Gasteiger partial charge in [-0.1, -0.05) is 12.1 Å². The van der Waals surface area contributed by atoms with Crippen molar-refractivity contribution in [3.8, 4) is 5.75 Å². The van der Waals surface area contributed by atoms with Crippen LogP contribution in [0.2, 0.25) is 0 Å². The molecule has 3 aliphatic heterocycles. The monoisotopic (exact) mass is 702 g/mol. The van der Waals surface area contributed by atoms with Crippen molar-refractivity contribution in [3.63, 3.8) is 0 Å². The maximum atomic E-state index is 14.7. The molecular weight excluding hydrogens is 659 g/mol. The third-order valence-corrected chi connectivity index (χ3v) is 9.11. The van der Waals surface area contributed by atoms with Crippen LogP contribution in [0.1, 0.15) is 31.4 Å². The number of ether oxygens (including phenoxy) is 5. The fourth-order valence-corrected chi connectivity index (χ4v) is 6.39. The van der Waals surface area contributed by atoms with Crippen LogP contribution in [0.3, 0.4) is 0 Å². The average molecular weight is 703 g/mol. The summed E-state index contributed by atoms with van der Waals surface area (Å²) in [6, 6.07) is 8.62. The first-order valence-corrected chi connectivity index (χ1v) is 16.4. The van der Waals surface area contributed by atoms with E-state index in [4.69, 9.17) is 34.3 Å². The lowest BCUT2D eigenvalue weighted by Gasteiger charge is -2.41. The molecule has 1 aliphatic carbocycles. The smallest absolute Gasteiger partial charge is 0.247 e. The zero-order valence-electron chi connectivity index (χ0n) is 27.7. The van der Waals surface area contributed by atoms with Gasteiger partial charge in [0.25, 0.3) is 0 Å². The molecule has 6 rings (SSSR count). The maximum Gasteiger partial charge on any atom is 0.247 e. The van der Waals surface area contributed by atoms with Crippen LogP contribution in [-0.4, -0.2) is 108 Å². The third-order valence-electron chi connectivity index (χ3n) is 9.11. The Morgan fingerprint density at radius 3 is 2.50 bits per heavy atom. The molecule has 0 spiro atoms. The lowest BCUT2D eigenvalue weighted by molar-refractivity contribution is -0.155. The van der Waals surface area contributed by atoms with Gasteiger partial charge in [-0.15, -0.1) is 0 Å². The first-order valence-electron chi connectivity index (χ1n) is 16.4. The van der Waals surface area contributed by atoms with Crippen LogP contribution in [0.4, 0.5) is 15.8 Å². The van der Waals surface area contributed by atoms with Crippen molar-refractivity contribution in [1.82, 2.24) is 10.8 Å². The second kappa shape index (κ2) is 15.5. The van der Waals surface area contributed by atoms with Crippen LogP contribution in [0, 0.1) is 5.82 Å². The molecule has 16 heteroatoms. The van der Waals surface area contributed by atoms with Crippen LogP contribution < -0.4 is 26.2 Å². The van der Waals surface area contributed by atoms with E-state index in [-0.39, 0.29) is 42.7 Å². The average Bonchev–Trinajstić information content (AvgIpc) is 3.74. The zero-order chi connectivity index (χ0) is 35.5. The van der Waals surface area contributed by atoms with Crippen LogP contribution in [-0.2, 0) is 35.2 Å². The number of aliphatic hydroxyl groups is 4. The van der Waals surface area contributed by atoms with Gasteiger partial charge in [0.2, 0.25) is 12.2 Å². The molecule has 3 saturated heterocycles. The number of carbonyl (C=O) groups is 1. The summed E-state index contributed by atoms with van der Waals surface area (Å²) in [6.07, 6.45) is -6.04. The topological polar surface area (TPSA) is 207 Å². The zero-order valence-corrected chi connectivity index (χ0v) is 27.7. The molecule has 8 atom stereocenters. The number of fused-ring (bicyclic) bond motifs is 1. The number of nitrogen functional groups attached to an aromatic ring is 1. The number of nitrogens with one attached hydrogen (secondary N) is 2. The van der Waals surface area contributed by atoms with E-state index in [9.17, 15) is 29.6 Å². The highest BCUT2D eigenvalue weighted by Crippen LogP contribution is 2.33. The van der Waals surface area contributed by atoms with Crippen LogP contribution in [0.25, 0.3) is 6.08 Å². The molecular formula is C34H43FN4O11. The summed E-state index contributed by atoms with van der Waals surface area (Å²) in [5, 5.41) is 44.7. The first-order chi connectivity index (χ1) is 24.0. The van der Waals surface area contributed by atoms with Gasteiger partial charge in [-0.3, -0.25) is 15.1 Å². The van der Waals surface area contributed by atoms with Gasteiger partial charge in [0.15, 0.2) is 5.76 Å². The van der Waals surface area contributed by atoms with E-state index in [1.54, 1.807) is 50.3 Å². The summed E-state index contributed by atoms with van der Waals surface area (Å²) in [5.41, 5.74) is 11.6. The Kier molecular flexibility index (Phi) is 11.1. The predicted molar refractivity (Wildman–Crippen MR) is 175 cm³/mol. The van der Waals surface area contributed by atoms with Crippen LogP contribution in [0.15, 0.2) is 53.4 Å². The van der Waals surface area contributed by atoms with Gasteiger partial charge in [0.1, 0.15) is 55.0 Å². The summed E-state index contributed by atoms with van der Waals surface area (Å²) >= 11 is 0. The van der Waals surface area contributed by atoms with Crippen LogP contribution in [0.5, 0.6) is 5.75 Å². The number of benzene rings is 2. The number of rotatable bonds is 10. The molecule has 8 N–H and O–H groups in total. The molecule has 0 radical (unpaired) electrons. The predicted octanol–water partition coefficient (Wildman–Crippen LogP) is 0.409. The summed E-state index contributed by atoms with van der Waals surface area (Å²) in [4.78, 5) is 20.4. The van der Waals surface area contributed by atoms with Gasteiger partial charge in [-0.25, -0.2) is 4.39 Å². The molecule has 0 bridgehead atoms. The maximum absolute atomic E-state index is 14.7. The fourth-order valence-electron chi connectivity index (χ4n) is 6.39. The summed E-state index contributed by atoms with van der Waals surface area (Å²) in [6.45, 7) is 5.53. The lowest BCUT2D eigenvalue weighted by atomic mass is 9.83. The molecule has 0 aromatic heterocycles. The molecule has 0 unspecified atom stereocenters. The minimum Gasteiger partial charge on any atom is -0.454 e. The van der Waals surface area contributed by atoms with Gasteiger partial charge >= 0.3 is 0 Å². The number of halogens is 1. The molecule has 4 aliphatic rings. The van der Waals surface area contributed by atoms with Crippen molar-refractivity contribution >= 4 is 23.4 Å². The highest BCUT2D eigenvalue weighted by atomic mass is 19.1. The number of aliphatic hydroxyl groups excluding tert-OH is 4. The van der Waals surface area contributed by atoms with Gasteiger partial charge in [0.05, 0.1) is 49.4 Å². The van der Waals surface area contributed by atoms with Crippen LogP contribution >= 0.6 is 0 Å². The number of hydrogen-bond donors (Lipinski definition) is 7. The number of nitrogens with zero attached hydrogens (tertiary/aromatic N) is 1. The van der Waals surface area contributed by atoms with Crippen molar-refractivity contribution < 1.29 is 58.1 Å². The number of anilines is 2. The molecule has 15 nitrogen and oxygen atoms in total. The highest BCUT2D eigenvalue weighted by molar-refractivity contribution is 5.97. The first kappa shape index (κ1) is 35.8. The number of carbonyl (C=O) groups excluding carboxylic acids is 1. The summed E-state index contributed by atoms with van der Waals surface area (Å²) in [5.74, 6) is -0.395. The number of hydrogen-bond acceptors (Lipinski definition) is 14. The Labute approximate surface area is 287 Å². The van der Waals surface area contributed by atoms with E-state index in [1.807, 2.05) is 4.90 Å². The Balaban J connectivity index is 1.00. The van der Waals surface area contributed by atoms with Gasteiger partial charge in [-0.2, -0.15) is 0 Å². The molecule has 1 saturated carbocycles.